The molecule has 0 spiro atoms. The predicted octanol–water partition coefficient (Wildman–Crippen LogP) is 3.43. The van der Waals surface area contributed by atoms with E-state index in [2.05, 4.69) is 15.9 Å². The number of nitrogen functional groups attached to an aromatic ring is 1. The molecule has 1 saturated carbocycles. The van der Waals surface area contributed by atoms with E-state index in [1.54, 1.807) is 12.1 Å². The van der Waals surface area contributed by atoms with Crippen molar-refractivity contribution >= 4 is 27.5 Å². The number of carbonyl (C=O) groups is 1. The number of hydrogen-bond acceptors (Lipinski definition) is 3. The van der Waals surface area contributed by atoms with Crippen LogP contribution >= 0.6 is 15.9 Å². The fraction of sp³-hybridized carbons (Fsp3) is 0.267. The summed E-state index contributed by atoms with van der Waals surface area (Å²) in [4.78, 5) is 14.4. The molecule has 20 heavy (non-hydrogen) atoms. The first-order chi connectivity index (χ1) is 9.65. The van der Waals surface area contributed by atoms with E-state index < -0.39 is 0 Å². The van der Waals surface area contributed by atoms with Crippen LogP contribution in [0.15, 0.2) is 45.5 Å². The quantitative estimate of drug-likeness (QED) is 0.871. The third kappa shape index (κ3) is 2.72. The lowest BCUT2D eigenvalue weighted by molar-refractivity contribution is 0.0696. The van der Waals surface area contributed by atoms with Gasteiger partial charge >= 0.3 is 0 Å². The summed E-state index contributed by atoms with van der Waals surface area (Å²) < 4.78 is 5.93. The van der Waals surface area contributed by atoms with Gasteiger partial charge in [0.05, 0.1) is 0 Å². The smallest absolute Gasteiger partial charge is 0.290 e. The molecule has 4 nitrogen and oxygen atoms in total. The Balaban J connectivity index is 1.83. The van der Waals surface area contributed by atoms with Gasteiger partial charge in [0, 0.05) is 18.3 Å². The number of para-hydroxylation sites is 1. The molecule has 2 N–H and O–H groups in total. The molecular formula is C15H15BrN2O2. The second kappa shape index (κ2) is 5.32. The highest BCUT2D eigenvalue weighted by Crippen LogP contribution is 2.31. The molecule has 1 aromatic heterocycles. The van der Waals surface area contributed by atoms with Crippen LogP contribution in [0, 0.1) is 0 Å². The lowest BCUT2D eigenvalue weighted by Crippen LogP contribution is -2.32. The van der Waals surface area contributed by atoms with Crippen molar-refractivity contribution in [2.45, 2.75) is 25.4 Å². The van der Waals surface area contributed by atoms with Gasteiger partial charge in [0.1, 0.15) is 0 Å². The summed E-state index contributed by atoms with van der Waals surface area (Å²) in [6.07, 6.45) is 2.08. The standard InChI is InChI=1S/C15H15BrN2O2/c16-14-8-7-13(20-14)15(19)18(11-5-6-11)9-10-3-1-2-4-12(10)17/h1-4,7-8,11H,5-6,9,17H2. The summed E-state index contributed by atoms with van der Waals surface area (Å²) in [7, 11) is 0. The Hall–Kier alpha value is -1.75. The molecule has 1 aliphatic carbocycles. The maximum Gasteiger partial charge on any atom is 0.290 e. The Morgan fingerprint density at radius 2 is 2.05 bits per heavy atom. The Morgan fingerprint density at radius 1 is 1.30 bits per heavy atom. The number of benzene rings is 1. The van der Waals surface area contributed by atoms with Crippen molar-refractivity contribution < 1.29 is 9.21 Å². The third-order valence-electron chi connectivity index (χ3n) is 3.43. The van der Waals surface area contributed by atoms with Gasteiger partial charge in [-0.1, -0.05) is 18.2 Å². The molecule has 1 aliphatic rings. The van der Waals surface area contributed by atoms with Crippen molar-refractivity contribution in [3.63, 3.8) is 0 Å². The molecule has 0 aliphatic heterocycles. The van der Waals surface area contributed by atoms with Crippen LogP contribution in [-0.2, 0) is 6.54 Å². The zero-order valence-electron chi connectivity index (χ0n) is 10.9. The van der Waals surface area contributed by atoms with Crippen LogP contribution in [0.25, 0.3) is 0 Å². The molecule has 0 unspecified atom stereocenters. The van der Waals surface area contributed by atoms with Crippen LogP contribution in [-0.4, -0.2) is 16.8 Å². The number of carbonyl (C=O) groups excluding carboxylic acids is 1. The molecule has 104 valence electrons. The Bertz CT molecular complexity index is 634. The maximum absolute atomic E-state index is 12.5. The molecule has 5 heteroatoms. The number of halogens is 1. The van der Waals surface area contributed by atoms with E-state index in [0.29, 0.717) is 28.7 Å². The SMILES string of the molecule is Nc1ccccc1CN(C(=O)c1ccc(Br)o1)C1CC1. The summed E-state index contributed by atoms with van der Waals surface area (Å²) in [5.74, 6) is 0.278. The molecule has 2 aromatic rings. The molecule has 0 bridgehead atoms. The van der Waals surface area contributed by atoms with Gasteiger partial charge in [0.2, 0.25) is 0 Å². The molecule has 3 rings (SSSR count). The minimum absolute atomic E-state index is 0.0820. The highest BCUT2D eigenvalue weighted by molar-refractivity contribution is 9.10. The normalized spacial score (nSPS) is 14.2. The first kappa shape index (κ1) is 13.2. The van der Waals surface area contributed by atoms with E-state index in [4.69, 9.17) is 10.2 Å². The number of nitrogens with zero attached hydrogens (tertiary/aromatic N) is 1. The van der Waals surface area contributed by atoms with Gasteiger partial charge in [-0.25, -0.2) is 0 Å². The van der Waals surface area contributed by atoms with Crippen LogP contribution in [0.1, 0.15) is 29.0 Å². The number of furan rings is 1. The van der Waals surface area contributed by atoms with E-state index in [1.165, 1.54) is 0 Å². The van der Waals surface area contributed by atoms with Crippen molar-refractivity contribution in [1.82, 2.24) is 4.90 Å². The predicted molar refractivity (Wildman–Crippen MR) is 80.2 cm³/mol. The van der Waals surface area contributed by atoms with Gasteiger partial charge in [0.25, 0.3) is 5.91 Å². The molecular weight excluding hydrogens is 320 g/mol. The molecule has 1 amide bonds. The lowest BCUT2D eigenvalue weighted by Gasteiger charge is -2.22. The van der Waals surface area contributed by atoms with E-state index in [1.807, 2.05) is 29.2 Å². The molecule has 1 aromatic carbocycles. The zero-order chi connectivity index (χ0) is 14.1. The monoisotopic (exact) mass is 334 g/mol. The first-order valence-corrected chi connectivity index (χ1v) is 7.34. The van der Waals surface area contributed by atoms with Gasteiger partial charge in [-0.2, -0.15) is 0 Å². The fourth-order valence-corrected chi connectivity index (χ4v) is 2.49. The van der Waals surface area contributed by atoms with Gasteiger partial charge in [-0.15, -0.1) is 0 Å². The number of nitrogens with two attached hydrogens (primary N) is 1. The summed E-state index contributed by atoms with van der Waals surface area (Å²) in [5, 5.41) is 0. The van der Waals surface area contributed by atoms with E-state index >= 15 is 0 Å². The van der Waals surface area contributed by atoms with Crippen molar-refractivity contribution in [2.75, 3.05) is 5.73 Å². The average molecular weight is 335 g/mol. The molecule has 1 fully saturated rings. The third-order valence-corrected chi connectivity index (χ3v) is 3.85. The lowest BCUT2D eigenvalue weighted by atomic mass is 10.1. The number of amides is 1. The average Bonchev–Trinajstić information content (AvgIpc) is 3.18. The van der Waals surface area contributed by atoms with Gasteiger partial charge in [0.15, 0.2) is 10.4 Å². The molecule has 0 radical (unpaired) electrons. The van der Waals surface area contributed by atoms with Gasteiger partial charge in [-0.05, 0) is 52.5 Å². The van der Waals surface area contributed by atoms with Crippen LogP contribution in [0.5, 0.6) is 0 Å². The van der Waals surface area contributed by atoms with Gasteiger partial charge in [-0.3, -0.25) is 4.79 Å². The number of rotatable bonds is 4. The molecule has 0 saturated heterocycles. The summed E-state index contributed by atoms with van der Waals surface area (Å²) in [6.45, 7) is 0.522. The van der Waals surface area contributed by atoms with E-state index in [-0.39, 0.29) is 5.91 Å². The Morgan fingerprint density at radius 3 is 2.65 bits per heavy atom. The van der Waals surface area contributed by atoms with Gasteiger partial charge < -0.3 is 15.1 Å². The fourth-order valence-electron chi connectivity index (χ4n) is 2.19. The largest absolute Gasteiger partial charge is 0.444 e. The zero-order valence-corrected chi connectivity index (χ0v) is 12.5. The van der Waals surface area contributed by atoms with Crippen molar-refractivity contribution in [3.05, 3.63) is 52.4 Å². The van der Waals surface area contributed by atoms with Crippen LogP contribution in [0.4, 0.5) is 5.69 Å². The Kier molecular flexibility index (Phi) is 3.53. The van der Waals surface area contributed by atoms with Crippen LogP contribution in [0.3, 0.4) is 0 Å². The summed E-state index contributed by atoms with van der Waals surface area (Å²) >= 11 is 3.22. The summed E-state index contributed by atoms with van der Waals surface area (Å²) in [5.41, 5.74) is 7.65. The maximum atomic E-state index is 12.5. The minimum atomic E-state index is -0.0820. The second-order valence-electron chi connectivity index (χ2n) is 4.97. The van der Waals surface area contributed by atoms with Crippen LogP contribution in [0.2, 0.25) is 0 Å². The Labute approximate surface area is 125 Å². The number of anilines is 1. The van der Waals surface area contributed by atoms with Crippen molar-refractivity contribution in [2.24, 2.45) is 0 Å². The van der Waals surface area contributed by atoms with E-state index in [9.17, 15) is 4.79 Å². The molecule has 1 heterocycles. The molecule has 0 atom stereocenters. The van der Waals surface area contributed by atoms with Crippen LogP contribution < -0.4 is 5.73 Å². The second-order valence-corrected chi connectivity index (χ2v) is 5.75. The minimum Gasteiger partial charge on any atom is -0.444 e. The summed E-state index contributed by atoms with van der Waals surface area (Å²) in [6, 6.07) is 11.4. The van der Waals surface area contributed by atoms with E-state index in [0.717, 1.165) is 18.4 Å². The first-order valence-electron chi connectivity index (χ1n) is 6.55. The van der Waals surface area contributed by atoms with Crippen molar-refractivity contribution in [3.8, 4) is 0 Å². The topological polar surface area (TPSA) is 59.5 Å². The highest BCUT2D eigenvalue weighted by atomic mass is 79.9. The van der Waals surface area contributed by atoms with Crippen molar-refractivity contribution in [1.29, 1.82) is 0 Å². The number of hydrogen-bond donors (Lipinski definition) is 1. The highest BCUT2D eigenvalue weighted by Gasteiger charge is 2.34.